The zero-order valence-electron chi connectivity index (χ0n) is 11.9. The lowest BCUT2D eigenvalue weighted by Crippen LogP contribution is -2.34. The quantitative estimate of drug-likeness (QED) is 0.834. The summed E-state index contributed by atoms with van der Waals surface area (Å²) in [6.07, 6.45) is 1.20. The van der Waals surface area contributed by atoms with Gasteiger partial charge in [-0.1, -0.05) is 30.3 Å². The third-order valence-electron chi connectivity index (χ3n) is 4.55. The molecule has 1 aromatic carbocycles. The van der Waals surface area contributed by atoms with E-state index >= 15 is 0 Å². The van der Waals surface area contributed by atoms with Crippen molar-refractivity contribution < 1.29 is 17.9 Å². The molecule has 2 saturated carbocycles. The molecule has 0 saturated heterocycles. The monoisotopic (exact) mass is 343 g/mol. The number of carbonyl (C=O) groups excluding carboxylic acids is 1. The molecule has 5 nitrogen and oxygen atoms in total. The molecule has 0 bridgehead atoms. The van der Waals surface area contributed by atoms with E-state index in [1.165, 1.54) is 0 Å². The van der Waals surface area contributed by atoms with Gasteiger partial charge in [-0.15, -0.1) is 0 Å². The van der Waals surface area contributed by atoms with E-state index in [-0.39, 0.29) is 24.3 Å². The SMILES string of the molecule is O=C(NC1CC2C(C1)C2CS(=O)(=O)Cl)OCc1ccccc1. The molecule has 1 aromatic rings. The largest absolute Gasteiger partial charge is 0.445 e. The Morgan fingerprint density at radius 3 is 2.45 bits per heavy atom. The van der Waals surface area contributed by atoms with Gasteiger partial charge in [-0.05, 0) is 36.2 Å². The lowest BCUT2D eigenvalue weighted by Gasteiger charge is -2.15. The van der Waals surface area contributed by atoms with Crippen molar-refractivity contribution >= 4 is 25.8 Å². The second kappa shape index (κ2) is 6.08. The minimum atomic E-state index is -3.42. The van der Waals surface area contributed by atoms with Gasteiger partial charge in [0.25, 0.3) is 0 Å². The molecule has 2 unspecified atom stereocenters. The van der Waals surface area contributed by atoms with Crippen molar-refractivity contribution in [1.82, 2.24) is 5.32 Å². The normalized spacial score (nSPS) is 29.7. The molecule has 2 aliphatic carbocycles. The molecule has 3 rings (SSSR count). The Labute approximate surface area is 134 Å². The zero-order chi connectivity index (χ0) is 15.7. The summed E-state index contributed by atoms with van der Waals surface area (Å²) in [5, 5.41) is 2.85. The fourth-order valence-electron chi connectivity index (χ4n) is 3.50. The van der Waals surface area contributed by atoms with Crippen LogP contribution in [0.3, 0.4) is 0 Å². The summed E-state index contributed by atoms with van der Waals surface area (Å²) in [7, 11) is 1.86. The van der Waals surface area contributed by atoms with Crippen LogP contribution in [0, 0.1) is 17.8 Å². The van der Waals surface area contributed by atoms with Gasteiger partial charge in [0.05, 0.1) is 5.75 Å². The molecule has 0 radical (unpaired) electrons. The summed E-state index contributed by atoms with van der Waals surface area (Å²) >= 11 is 0. The second-order valence-electron chi connectivity index (χ2n) is 6.07. The molecule has 0 heterocycles. The van der Waals surface area contributed by atoms with Gasteiger partial charge in [-0.2, -0.15) is 0 Å². The molecule has 7 heteroatoms. The Bertz CT molecular complexity index is 637. The van der Waals surface area contributed by atoms with Crippen LogP contribution >= 0.6 is 10.7 Å². The highest BCUT2D eigenvalue weighted by Gasteiger charge is 2.57. The van der Waals surface area contributed by atoms with Gasteiger partial charge in [0.2, 0.25) is 9.05 Å². The van der Waals surface area contributed by atoms with Gasteiger partial charge in [0.15, 0.2) is 0 Å². The number of alkyl carbamates (subject to hydrolysis) is 1. The molecule has 0 aromatic heterocycles. The predicted octanol–water partition coefficient (Wildman–Crippen LogP) is 2.51. The smallest absolute Gasteiger partial charge is 0.407 e. The first-order valence-corrected chi connectivity index (χ1v) is 9.80. The van der Waals surface area contributed by atoms with E-state index in [0.717, 1.165) is 18.4 Å². The Kier molecular flexibility index (Phi) is 4.32. The van der Waals surface area contributed by atoms with E-state index in [9.17, 15) is 13.2 Å². The van der Waals surface area contributed by atoms with Crippen molar-refractivity contribution in [2.24, 2.45) is 17.8 Å². The molecule has 0 spiro atoms. The van der Waals surface area contributed by atoms with Gasteiger partial charge in [-0.3, -0.25) is 0 Å². The van der Waals surface area contributed by atoms with Crippen molar-refractivity contribution in [1.29, 1.82) is 0 Å². The number of nitrogens with one attached hydrogen (secondary N) is 1. The van der Waals surface area contributed by atoms with Crippen LogP contribution in [0.1, 0.15) is 18.4 Å². The van der Waals surface area contributed by atoms with Crippen LogP contribution in [0.4, 0.5) is 4.79 Å². The van der Waals surface area contributed by atoms with Gasteiger partial charge < -0.3 is 10.1 Å². The Hall–Kier alpha value is -1.27. The van der Waals surface area contributed by atoms with Crippen LogP contribution < -0.4 is 5.32 Å². The molecular weight excluding hydrogens is 326 g/mol. The van der Waals surface area contributed by atoms with E-state index in [0.29, 0.717) is 11.8 Å². The fourth-order valence-corrected chi connectivity index (χ4v) is 4.89. The Morgan fingerprint density at radius 1 is 1.23 bits per heavy atom. The zero-order valence-corrected chi connectivity index (χ0v) is 13.5. The van der Waals surface area contributed by atoms with Gasteiger partial charge >= 0.3 is 6.09 Å². The number of hydrogen-bond donors (Lipinski definition) is 1. The third kappa shape index (κ3) is 3.93. The maximum absolute atomic E-state index is 11.8. The highest BCUT2D eigenvalue weighted by Crippen LogP contribution is 2.58. The minimum absolute atomic E-state index is 0.0507. The topological polar surface area (TPSA) is 72.5 Å². The van der Waals surface area contributed by atoms with Crippen molar-refractivity contribution in [3.8, 4) is 0 Å². The maximum Gasteiger partial charge on any atom is 0.407 e. The summed E-state index contributed by atoms with van der Waals surface area (Å²) in [5.41, 5.74) is 0.944. The summed E-state index contributed by atoms with van der Waals surface area (Å²) in [6, 6.07) is 9.57. The molecule has 1 amide bonds. The van der Waals surface area contributed by atoms with Crippen LogP contribution in [0.5, 0.6) is 0 Å². The number of hydrogen-bond acceptors (Lipinski definition) is 4. The Morgan fingerprint density at radius 2 is 1.86 bits per heavy atom. The highest BCUT2D eigenvalue weighted by atomic mass is 35.7. The van der Waals surface area contributed by atoms with Gasteiger partial charge in [0.1, 0.15) is 6.61 Å². The first kappa shape index (κ1) is 15.6. The third-order valence-corrected chi connectivity index (χ3v) is 5.71. The number of ether oxygens (including phenoxy) is 1. The molecule has 22 heavy (non-hydrogen) atoms. The molecule has 120 valence electrons. The van der Waals surface area contributed by atoms with E-state index in [2.05, 4.69) is 5.32 Å². The number of fused-ring (bicyclic) bond motifs is 1. The molecular formula is C15H18ClNO4S. The molecule has 0 aliphatic heterocycles. The number of rotatable bonds is 5. The van der Waals surface area contributed by atoms with Crippen molar-refractivity contribution in [2.45, 2.75) is 25.5 Å². The van der Waals surface area contributed by atoms with Crippen LogP contribution in [0.25, 0.3) is 0 Å². The van der Waals surface area contributed by atoms with Gasteiger partial charge in [0, 0.05) is 16.7 Å². The van der Waals surface area contributed by atoms with Crippen molar-refractivity contribution in [3.63, 3.8) is 0 Å². The summed E-state index contributed by atoms with van der Waals surface area (Å²) in [6.45, 7) is 0.249. The lowest BCUT2D eigenvalue weighted by atomic mass is 10.1. The van der Waals surface area contributed by atoms with Crippen molar-refractivity contribution in [2.75, 3.05) is 5.75 Å². The second-order valence-corrected chi connectivity index (χ2v) is 8.89. The van der Waals surface area contributed by atoms with Crippen molar-refractivity contribution in [3.05, 3.63) is 35.9 Å². The average molecular weight is 344 g/mol. The predicted molar refractivity (Wildman–Crippen MR) is 82.9 cm³/mol. The first-order valence-electron chi connectivity index (χ1n) is 7.32. The number of halogens is 1. The molecule has 2 atom stereocenters. The average Bonchev–Trinajstić information content (AvgIpc) is 2.89. The number of carbonyl (C=O) groups is 1. The number of amides is 1. The van der Waals surface area contributed by atoms with Gasteiger partial charge in [-0.25, -0.2) is 13.2 Å². The highest BCUT2D eigenvalue weighted by molar-refractivity contribution is 8.13. The number of benzene rings is 1. The van der Waals surface area contributed by atoms with E-state index in [1.807, 2.05) is 30.3 Å². The van der Waals surface area contributed by atoms with Crippen LogP contribution in [-0.2, 0) is 20.4 Å². The minimum Gasteiger partial charge on any atom is -0.445 e. The first-order chi connectivity index (χ1) is 10.4. The molecule has 2 fully saturated rings. The summed E-state index contributed by atoms with van der Waals surface area (Å²) < 4.78 is 27.3. The van der Waals surface area contributed by atoms with Crippen LogP contribution in [-0.4, -0.2) is 26.3 Å². The summed E-state index contributed by atoms with van der Waals surface area (Å²) in [4.78, 5) is 11.8. The fraction of sp³-hybridized carbons (Fsp3) is 0.533. The van der Waals surface area contributed by atoms with Crippen LogP contribution in [0.2, 0.25) is 0 Å². The Balaban J connectivity index is 1.39. The van der Waals surface area contributed by atoms with E-state index in [1.54, 1.807) is 0 Å². The van der Waals surface area contributed by atoms with E-state index in [4.69, 9.17) is 15.4 Å². The van der Waals surface area contributed by atoms with E-state index < -0.39 is 15.1 Å². The molecule has 2 aliphatic rings. The summed E-state index contributed by atoms with van der Waals surface area (Å²) in [5.74, 6) is 0.955. The lowest BCUT2D eigenvalue weighted by molar-refractivity contribution is 0.135. The maximum atomic E-state index is 11.8. The molecule has 1 N–H and O–H groups in total. The standard InChI is InChI=1S/C15H18ClNO4S/c16-22(19,20)9-14-12-6-11(7-13(12)14)17-15(18)21-8-10-4-2-1-3-5-10/h1-5,11-14H,6-9H2,(H,17,18). The van der Waals surface area contributed by atoms with Crippen LogP contribution in [0.15, 0.2) is 30.3 Å².